The minimum atomic E-state index is 0.213. The molecule has 0 bridgehead atoms. The maximum atomic E-state index is 5.36. The highest BCUT2D eigenvalue weighted by Crippen LogP contribution is 2.15. The van der Waals surface area contributed by atoms with Crippen LogP contribution in [0.4, 0.5) is 0 Å². The van der Waals surface area contributed by atoms with Crippen LogP contribution in [-0.4, -0.2) is 6.04 Å². The van der Waals surface area contributed by atoms with Crippen LogP contribution in [0, 0.1) is 5.92 Å². The largest absolute Gasteiger partial charge is 0.382 e. The van der Waals surface area contributed by atoms with Gasteiger partial charge in [0.2, 0.25) is 0 Å². The molecule has 0 aliphatic carbocycles. The molecule has 1 aliphatic heterocycles. The molecule has 0 aromatic carbocycles. The molecule has 0 aromatic rings. The predicted molar refractivity (Wildman–Crippen MR) is 35.8 cm³/mol. The van der Waals surface area contributed by atoms with E-state index >= 15 is 0 Å². The molecule has 3 heteroatoms. The second-order valence-corrected chi connectivity index (χ2v) is 2.54. The summed E-state index contributed by atoms with van der Waals surface area (Å²) >= 11 is 0. The van der Waals surface area contributed by atoms with Crippen molar-refractivity contribution in [2.45, 2.75) is 19.9 Å². The lowest BCUT2D eigenvalue weighted by molar-refractivity contribution is 0.567. The monoisotopic (exact) mass is 125 g/mol. The SMILES string of the molecule is CC(C)C1C=C(N)N=N1. The summed E-state index contributed by atoms with van der Waals surface area (Å²) in [4.78, 5) is 0. The summed E-state index contributed by atoms with van der Waals surface area (Å²) in [6, 6.07) is 0.213. The van der Waals surface area contributed by atoms with Crippen molar-refractivity contribution in [1.29, 1.82) is 0 Å². The van der Waals surface area contributed by atoms with Gasteiger partial charge >= 0.3 is 0 Å². The van der Waals surface area contributed by atoms with Gasteiger partial charge in [-0.05, 0) is 12.0 Å². The maximum Gasteiger partial charge on any atom is 0.143 e. The van der Waals surface area contributed by atoms with Crippen LogP contribution in [0.5, 0.6) is 0 Å². The molecule has 2 N–H and O–H groups in total. The molecule has 0 fully saturated rings. The van der Waals surface area contributed by atoms with Crippen LogP contribution in [-0.2, 0) is 0 Å². The highest BCUT2D eigenvalue weighted by molar-refractivity contribution is 5.06. The fraction of sp³-hybridized carbons (Fsp3) is 0.667. The summed E-state index contributed by atoms with van der Waals surface area (Å²) < 4.78 is 0. The molecule has 1 rings (SSSR count). The van der Waals surface area contributed by atoms with Crippen LogP contribution < -0.4 is 5.73 Å². The fourth-order valence-corrected chi connectivity index (χ4v) is 0.701. The van der Waals surface area contributed by atoms with Gasteiger partial charge in [-0.1, -0.05) is 13.8 Å². The summed E-state index contributed by atoms with van der Waals surface area (Å²) in [7, 11) is 0. The number of nitrogens with two attached hydrogens (primary N) is 1. The Labute approximate surface area is 54.7 Å². The fourth-order valence-electron chi connectivity index (χ4n) is 0.701. The Balaban J connectivity index is 2.59. The van der Waals surface area contributed by atoms with Crippen molar-refractivity contribution in [2.75, 3.05) is 0 Å². The molecular formula is C6H11N3. The minimum absolute atomic E-state index is 0.213. The molecule has 0 spiro atoms. The van der Waals surface area contributed by atoms with E-state index in [0.29, 0.717) is 11.7 Å². The Hall–Kier alpha value is -0.860. The van der Waals surface area contributed by atoms with Crippen LogP contribution in [0.3, 0.4) is 0 Å². The average Bonchev–Trinajstić information content (AvgIpc) is 2.14. The summed E-state index contributed by atoms with van der Waals surface area (Å²) in [5.74, 6) is 1.06. The molecule has 50 valence electrons. The van der Waals surface area contributed by atoms with E-state index in [0.717, 1.165) is 0 Å². The molecule has 0 saturated carbocycles. The maximum absolute atomic E-state index is 5.36. The summed E-state index contributed by atoms with van der Waals surface area (Å²) in [5.41, 5.74) is 5.36. The molecular weight excluding hydrogens is 114 g/mol. The van der Waals surface area contributed by atoms with Crippen molar-refractivity contribution < 1.29 is 0 Å². The van der Waals surface area contributed by atoms with Gasteiger partial charge in [0.05, 0.1) is 6.04 Å². The van der Waals surface area contributed by atoms with Crippen LogP contribution >= 0.6 is 0 Å². The van der Waals surface area contributed by atoms with Crippen molar-refractivity contribution in [1.82, 2.24) is 0 Å². The summed E-state index contributed by atoms with van der Waals surface area (Å²) in [6.07, 6.45) is 1.88. The Morgan fingerprint density at radius 1 is 1.67 bits per heavy atom. The highest BCUT2D eigenvalue weighted by Gasteiger charge is 2.13. The molecule has 1 unspecified atom stereocenters. The van der Waals surface area contributed by atoms with Gasteiger partial charge in [0.1, 0.15) is 5.82 Å². The third-order valence-corrected chi connectivity index (χ3v) is 1.33. The molecule has 0 amide bonds. The average molecular weight is 125 g/mol. The molecule has 1 heterocycles. The molecule has 3 nitrogen and oxygen atoms in total. The summed E-state index contributed by atoms with van der Waals surface area (Å²) in [6.45, 7) is 4.19. The van der Waals surface area contributed by atoms with Gasteiger partial charge in [-0.3, -0.25) is 0 Å². The van der Waals surface area contributed by atoms with Crippen molar-refractivity contribution in [3.63, 3.8) is 0 Å². The van der Waals surface area contributed by atoms with Crippen LogP contribution in [0.25, 0.3) is 0 Å². The van der Waals surface area contributed by atoms with Gasteiger partial charge in [0.15, 0.2) is 0 Å². The van der Waals surface area contributed by atoms with Gasteiger partial charge in [0, 0.05) is 0 Å². The van der Waals surface area contributed by atoms with Gasteiger partial charge < -0.3 is 5.73 Å². The van der Waals surface area contributed by atoms with Crippen molar-refractivity contribution in [2.24, 2.45) is 21.9 Å². The number of rotatable bonds is 1. The topological polar surface area (TPSA) is 50.7 Å². The first-order valence-electron chi connectivity index (χ1n) is 3.08. The van der Waals surface area contributed by atoms with E-state index in [2.05, 4.69) is 24.1 Å². The Bertz CT molecular complexity index is 158. The minimum Gasteiger partial charge on any atom is -0.382 e. The zero-order chi connectivity index (χ0) is 6.85. The van der Waals surface area contributed by atoms with E-state index in [9.17, 15) is 0 Å². The van der Waals surface area contributed by atoms with E-state index < -0.39 is 0 Å². The van der Waals surface area contributed by atoms with Gasteiger partial charge in [-0.2, -0.15) is 5.11 Å². The lowest BCUT2D eigenvalue weighted by atomic mass is 10.1. The smallest absolute Gasteiger partial charge is 0.143 e. The Kier molecular flexibility index (Phi) is 1.51. The molecule has 0 saturated heterocycles. The number of nitrogens with zero attached hydrogens (tertiary/aromatic N) is 2. The third-order valence-electron chi connectivity index (χ3n) is 1.33. The standard InChI is InChI=1S/C6H11N3/c1-4(2)5-3-6(7)9-8-5/h3-5H,7H2,1-2H3. The predicted octanol–water partition coefficient (Wildman–Crippen LogP) is 1.28. The van der Waals surface area contributed by atoms with E-state index in [-0.39, 0.29) is 6.04 Å². The Morgan fingerprint density at radius 2 is 2.33 bits per heavy atom. The normalized spacial score (nSPS) is 25.2. The second-order valence-electron chi connectivity index (χ2n) is 2.54. The van der Waals surface area contributed by atoms with E-state index in [1.54, 1.807) is 0 Å². The molecule has 1 atom stereocenters. The first-order chi connectivity index (χ1) is 4.20. The molecule has 1 aliphatic rings. The first-order valence-corrected chi connectivity index (χ1v) is 3.08. The van der Waals surface area contributed by atoms with Crippen LogP contribution in [0.1, 0.15) is 13.8 Å². The third kappa shape index (κ3) is 1.28. The van der Waals surface area contributed by atoms with Gasteiger partial charge in [-0.15, -0.1) is 5.11 Å². The van der Waals surface area contributed by atoms with E-state index in [1.165, 1.54) is 0 Å². The van der Waals surface area contributed by atoms with Crippen LogP contribution in [0.2, 0.25) is 0 Å². The zero-order valence-electron chi connectivity index (χ0n) is 5.70. The lowest BCUT2D eigenvalue weighted by Gasteiger charge is -2.04. The number of hydrogen-bond acceptors (Lipinski definition) is 3. The van der Waals surface area contributed by atoms with Crippen molar-refractivity contribution in [3.05, 3.63) is 11.9 Å². The van der Waals surface area contributed by atoms with Gasteiger partial charge in [0.25, 0.3) is 0 Å². The second kappa shape index (κ2) is 2.17. The quantitative estimate of drug-likeness (QED) is 0.563. The van der Waals surface area contributed by atoms with Crippen molar-refractivity contribution >= 4 is 0 Å². The van der Waals surface area contributed by atoms with Crippen molar-refractivity contribution in [3.8, 4) is 0 Å². The number of azo groups is 1. The summed E-state index contributed by atoms with van der Waals surface area (Å²) in [5, 5.41) is 7.63. The molecule has 0 aromatic heterocycles. The van der Waals surface area contributed by atoms with Crippen LogP contribution in [0.15, 0.2) is 22.1 Å². The van der Waals surface area contributed by atoms with E-state index in [4.69, 9.17) is 5.73 Å². The lowest BCUT2D eigenvalue weighted by Crippen LogP contribution is -2.06. The first kappa shape index (κ1) is 6.26. The molecule has 0 radical (unpaired) electrons. The van der Waals surface area contributed by atoms with Gasteiger partial charge in [-0.25, -0.2) is 0 Å². The molecule has 9 heavy (non-hydrogen) atoms. The number of hydrogen-bond donors (Lipinski definition) is 1. The zero-order valence-corrected chi connectivity index (χ0v) is 5.70. The Morgan fingerprint density at radius 3 is 2.56 bits per heavy atom. The van der Waals surface area contributed by atoms with E-state index in [1.807, 2.05) is 6.08 Å². The highest BCUT2D eigenvalue weighted by atomic mass is 15.2.